The van der Waals surface area contributed by atoms with Gasteiger partial charge in [-0.2, -0.15) is 11.8 Å². The third-order valence-corrected chi connectivity index (χ3v) is 5.14. The summed E-state index contributed by atoms with van der Waals surface area (Å²) in [4.78, 5) is 1.43. The molecule has 0 atom stereocenters. The molecule has 0 radical (unpaired) electrons. The number of unbranched alkanes of at least 4 members (excludes halogenated alkanes) is 1. The van der Waals surface area contributed by atoms with Crippen LogP contribution in [-0.2, 0) is 6.54 Å². The van der Waals surface area contributed by atoms with Gasteiger partial charge in [0.05, 0.1) is 0 Å². The van der Waals surface area contributed by atoms with Crippen LogP contribution in [0.5, 0.6) is 0 Å². The van der Waals surface area contributed by atoms with E-state index < -0.39 is 0 Å². The zero-order valence-corrected chi connectivity index (χ0v) is 13.5. The molecule has 0 saturated heterocycles. The third-order valence-electron chi connectivity index (χ3n) is 3.17. The highest BCUT2D eigenvalue weighted by Gasteiger charge is 2.07. The van der Waals surface area contributed by atoms with E-state index in [1.807, 2.05) is 11.8 Å². The first-order chi connectivity index (χ1) is 9.36. The zero-order valence-electron chi connectivity index (χ0n) is 11.9. The maximum Gasteiger partial charge on any atom is 0.0492 e. The van der Waals surface area contributed by atoms with Crippen LogP contribution in [0.1, 0.15) is 26.7 Å². The first-order valence-electron chi connectivity index (χ1n) is 7.15. The van der Waals surface area contributed by atoms with Gasteiger partial charge in [-0.05, 0) is 24.0 Å². The molecule has 3 heteroatoms. The Morgan fingerprint density at radius 3 is 2.74 bits per heavy atom. The van der Waals surface area contributed by atoms with Gasteiger partial charge >= 0.3 is 0 Å². The van der Waals surface area contributed by atoms with Crippen molar-refractivity contribution in [2.45, 2.75) is 38.1 Å². The van der Waals surface area contributed by atoms with Crippen LogP contribution in [0.3, 0.4) is 0 Å². The van der Waals surface area contributed by atoms with E-state index in [1.165, 1.54) is 40.1 Å². The van der Waals surface area contributed by atoms with E-state index in [9.17, 15) is 0 Å². The quantitative estimate of drug-likeness (QED) is 0.481. The van der Waals surface area contributed by atoms with Crippen LogP contribution in [0.4, 0.5) is 0 Å². The van der Waals surface area contributed by atoms with Gasteiger partial charge in [-0.25, -0.2) is 0 Å². The molecule has 1 aromatic carbocycles. The summed E-state index contributed by atoms with van der Waals surface area (Å²) in [6.07, 6.45) is 4.98. The van der Waals surface area contributed by atoms with E-state index in [4.69, 9.17) is 0 Å². The van der Waals surface area contributed by atoms with E-state index in [0.29, 0.717) is 0 Å². The van der Waals surface area contributed by atoms with Crippen molar-refractivity contribution < 1.29 is 0 Å². The molecule has 0 bridgehead atoms. The lowest BCUT2D eigenvalue weighted by Gasteiger charge is -2.04. The normalized spacial score (nSPS) is 11.3. The Balaban J connectivity index is 2.05. The summed E-state index contributed by atoms with van der Waals surface area (Å²) in [7, 11) is 0. The lowest BCUT2D eigenvalue weighted by atomic mass is 10.2. The maximum absolute atomic E-state index is 2.42. The Kier molecular flexibility index (Phi) is 6.18. The molecule has 0 aliphatic heterocycles. The standard InChI is InChI=1S/C16H23NS2/c1-3-5-11-18-12-10-17-13-16(19-4-2)14-8-6-7-9-15(14)17/h6-9,13H,3-5,10-12H2,1-2H3. The van der Waals surface area contributed by atoms with Gasteiger partial charge in [-0.1, -0.05) is 38.5 Å². The lowest BCUT2D eigenvalue weighted by molar-refractivity contribution is 0.799. The molecular formula is C16H23NS2. The fourth-order valence-corrected chi connectivity index (χ4v) is 4.04. The first kappa shape index (κ1) is 14.9. The summed E-state index contributed by atoms with van der Waals surface area (Å²) in [5.41, 5.74) is 1.38. The number of benzene rings is 1. The van der Waals surface area contributed by atoms with Crippen molar-refractivity contribution in [1.29, 1.82) is 0 Å². The molecule has 19 heavy (non-hydrogen) atoms. The highest BCUT2D eigenvalue weighted by molar-refractivity contribution is 7.99. The van der Waals surface area contributed by atoms with Gasteiger partial charge in [0, 0.05) is 34.3 Å². The fourth-order valence-electron chi connectivity index (χ4n) is 2.18. The number of thioether (sulfide) groups is 2. The number of hydrogen-bond acceptors (Lipinski definition) is 2. The Bertz CT molecular complexity index is 504. The highest BCUT2D eigenvalue weighted by Crippen LogP contribution is 2.29. The molecule has 1 nitrogen and oxygen atoms in total. The Labute approximate surface area is 125 Å². The molecular weight excluding hydrogens is 270 g/mol. The molecule has 0 aliphatic rings. The zero-order chi connectivity index (χ0) is 13.5. The fraction of sp³-hybridized carbons (Fsp3) is 0.500. The summed E-state index contributed by atoms with van der Waals surface area (Å²) in [6, 6.07) is 8.77. The third kappa shape index (κ3) is 3.96. The first-order valence-corrected chi connectivity index (χ1v) is 9.29. The second-order valence-electron chi connectivity index (χ2n) is 4.60. The average Bonchev–Trinajstić information content (AvgIpc) is 2.78. The van der Waals surface area contributed by atoms with Gasteiger partial charge in [0.15, 0.2) is 0 Å². The van der Waals surface area contributed by atoms with Crippen LogP contribution in [0.2, 0.25) is 0 Å². The summed E-state index contributed by atoms with van der Waals surface area (Å²) in [5, 5.41) is 1.41. The average molecular weight is 294 g/mol. The van der Waals surface area contributed by atoms with Crippen LogP contribution in [0.15, 0.2) is 35.4 Å². The maximum atomic E-state index is 2.42. The van der Waals surface area contributed by atoms with Crippen LogP contribution in [0.25, 0.3) is 10.9 Å². The number of aryl methyl sites for hydroxylation is 1. The minimum absolute atomic E-state index is 1.12. The number of para-hydroxylation sites is 1. The topological polar surface area (TPSA) is 4.93 Å². The number of fused-ring (bicyclic) bond motifs is 1. The van der Waals surface area contributed by atoms with E-state index in [-0.39, 0.29) is 0 Å². The van der Waals surface area contributed by atoms with E-state index >= 15 is 0 Å². The second-order valence-corrected chi connectivity index (χ2v) is 7.13. The minimum Gasteiger partial charge on any atom is -0.345 e. The molecule has 2 rings (SSSR count). The van der Waals surface area contributed by atoms with Crippen LogP contribution >= 0.6 is 23.5 Å². The summed E-state index contributed by atoms with van der Waals surface area (Å²) in [5.74, 6) is 3.65. The Morgan fingerprint density at radius 2 is 1.95 bits per heavy atom. The van der Waals surface area contributed by atoms with Gasteiger partial charge in [0.2, 0.25) is 0 Å². The molecule has 0 unspecified atom stereocenters. The number of aromatic nitrogens is 1. The number of nitrogens with zero attached hydrogens (tertiary/aromatic N) is 1. The number of hydrogen-bond donors (Lipinski definition) is 0. The highest BCUT2D eigenvalue weighted by atomic mass is 32.2. The lowest BCUT2D eigenvalue weighted by Crippen LogP contribution is -1.99. The van der Waals surface area contributed by atoms with Crippen molar-refractivity contribution in [3.05, 3.63) is 30.5 Å². The van der Waals surface area contributed by atoms with Crippen molar-refractivity contribution in [2.24, 2.45) is 0 Å². The molecule has 104 valence electrons. The Hall–Kier alpha value is -0.540. The molecule has 0 aliphatic carbocycles. The van der Waals surface area contributed by atoms with Crippen molar-refractivity contribution in [2.75, 3.05) is 17.3 Å². The van der Waals surface area contributed by atoms with E-state index in [2.05, 4.69) is 60.6 Å². The van der Waals surface area contributed by atoms with Crippen LogP contribution in [-0.4, -0.2) is 21.8 Å². The van der Waals surface area contributed by atoms with Crippen molar-refractivity contribution in [3.63, 3.8) is 0 Å². The molecule has 0 spiro atoms. The predicted octanol–water partition coefficient (Wildman–Crippen LogP) is 5.29. The van der Waals surface area contributed by atoms with Crippen LogP contribution < -0.4 is 0 Å². The van der Waals surface area contributed by atoms with Crippen molar-refractivity contribution in [3.8, 4) is 0 Å². The number of rotatable bonds is 8. The molecule has 0 saturated carbocycles. The largest absolute Gasteiger partial charge is 0.345 e. The van der Waals surface area contributed by atoms with Crippen LogP contribution in [0, 0.1) is 0 Å². The smallest absolute Gasteiger partial charge is 0.0492 e. The summed E-state index contributed by atoms with van der Waals surface area (Å²) >= 11 is 4.02. The van der Waals surface area contributed by atoms with Gasteiger partial charge in [0.25, 0.3) is 0 Å². The molecule has 0 amide bonds. The van der Waals surface area contributed by atoms with E-state index in [0.717, 1.165) is 12.3 Å². The molecule has 1 heterocycles. The molecule has 2 aromatic rings. The minimum atomic E-state index is 1.12. The molecule has 0 N–H and O–H groups in total. The van der Waals surface area contributed by atoms with Gasteiger partial charge in [0.1, 0.15) is 0 Å². The second kappa shape index (κ2) is 7.91. The van der Waals surface area contributed by atoms with Crippen molar-refractivity contribution >= 4 is 34.4 Å². The van der Waals surface area contributed by atoms with Gasteiger partial charge in [-0.3, -0.25) is 0 Å². The SMILES string of the molecule is CCCCSCCn1cc(SCC)c2ccccc21. The van der Waals surface area contributed by atoms with Crippen molar-refractivity contribution in [1.82, 2.24) is 4.57 Å². The van der Waals surface area contributed by atoms with Gasteiger partial charge < -0.3 is 4.57 Å². The monoisotopic (exact) mass is 293 g/mol. The van der Waals surface area contributed by atoms with Gasteiger partial charge in [-0.15, -0.1) is 11.8 Å². The molecule has 1 aromatic heterocycles. The molecule has 0 fully saturated rings. The Morgan fingerprint density at radius 1 is 1.11 bits per heavy atom. The predicted molar refractivity (Wildman–Crippen MR) is 90.6 cm³/mol. The summed E-state index contributed by atoms with van der Waals surface area (Å²) < 4.78 is 2.42. The van der Waals surface area contributed by atoms with E-state index in [1.54, 1.807) is 0 Å². The summed E-state index contributed by atoms with van der Waals surface area (Å²) in [6.45, 7) is 5.60.